The SMILES string of the molecule is COc1ccc2cnc(C3CCCN(C(=O)c4cccnc4C)C3)cc2c1C. The van der Waals surface area contributed by atoms with Gasteiger partial charge in [-0.25, -0.2) is 0 Å². The average Bonchev–Trinajstić information content (AvgIpc) is 2.74. The fraction of sp³-hybridized carbons (Fsp3) is 0.348. The second-order valence-corrected chi connectivity index (χ2v) is 7.45. The van der Waals surface area contributed by atoms with Crippen molar-refractivity contribution in [2.24, 2.45) is 0 Å². The van der Waals surface area contributed by atoms with Crippen LogP contribution in [-0.2, 0) is 0 Å². The number of pyridine rings is 2. The molecule has 1 aromatic carbocycles. The predicted octanol–water partition coefficient (Wildman–Crippen LogP) is 4.28. The number of carbonyl (C=O) groups is 1. The summed E-state index contributed by atoms with van der Waals surface area (Å²) >= 11 is 0. The second-order valence-electron chi connectivity index (χ2n) is 7.45. The highest BCUT2D eigenvalue weighted by Gasteiger charge is 2.27. The van der Waals surface area contributed by atoms with Crippen molar-refractivity contribution in [3.8, 4) is 5.75 Å². The maximum Gasteiger partial charge on any atom is 0.255 e. The Balaban J connectivity index is 1.62. The van der Waals surface area contributed by atoms with Crippen molar-refractivity contribution in [3.63, 3.8) is 0 Å². The number of aromatic nitrogens is 2. The van der Waals surface area contributed by atoms with E-state index in [1.54, 1.807) is 13.3 Å². The Morgan fingerprint density at radius 2 is 2.07 bits per heavy atom. The molecule has 5 nitrogen and oxygen atoms in total. The van der Waals surface area contributed by atoms with Gasteiger partial charge in [0.1, 0.15) is 5.75 Å². The molecule has 1 aliphatic rings. The number of likely N-dealkylation sites (tertiary alicyclic amines) is 1. The van der Waals surface area contributed by atoms with Gasteiger partial charge < -0.3 is 9.64 Å². The monoisotopic (exact) mass is 375 g/mol. The fourth-order valence-corrected chi connectivity index (χ4v) is 4.09. The third-order valence-corrected chi connectivity index (χ3v) is 5.73. The third kappa shape index (κ3) is 3.33. The first-order valence-electron chi connectivity index (χ1n) is 9.72. The minimum Gasteiger partial charge on any atom is -0.496 e. The van der Waals surface area contributed by atoms with Gasteiger partial charge >= 0.3 is 0 Å². The van der Waals surface area contributed by atoms with Crippen LogP contribution in [0, 0.1) is 13.8 Å². The number of benzene rings is 1. The lowest BCUT2D eigenvalue weighted by Gasteiger charge is -2.33. The van der Waals surface area contributed by atoms with E-state index in [2.05, 4.69) is 18.0 Å². The van der Waals surface area contributed by atoms with Gasteiger partial charge in [0.15, 0.2) is 0 Å². The summed E-state index contributed by atoms with van der Waals surface area (Å²) in [4.78, 5) is 23.9. The predicted molar refractivity (Wildman–Crippen MR) is 110 cm³/mol. The first-order valence-corrected chi connectivity index (χ1v) is 9.72. The van der Waals surface area contributed by atoms with Gasteiger partial charge in [-0.05, 0) is 68.0 Å². The Morgan fingerprint density at radius 3 is 2.86 bits per heavy atom. The summed E-state index contributed by atoms with van der Waals surface area (Å²) in [5.41, 5.74) is 3.64. The van der Waals surface area contributed by atoms with Crippen molar-refractivity contribution in [1.82, 2.24) is 14.9 Å². The highest BCUT2D eigenvalue weighted by atomic mass is 16.5. The molecule has 0 saturated carbocycles. The van der Waals surface area contributed by atoms with E-state index < -0.39 is 0 Å². The molecule has 1 fully saturated rings. The number of piperidine rings is 1. The summed E-state index contributed by atoms with van der Waals surface area (Å²) in [5, 5.41) is 2.27. The molecule has 0 bridgehead atoms. The van der Waals surface area contributed by atoms with Crippen LogP contribution in [0.3, 0.4) is 0 Å². The zero-order valence-corrected chi connectivity index (χ0v) is 16.6. The van der Waals surface area contributed by atoms with E-state index in [0.717, 1.165) is 52.9 Å². The van der Waals surface area contributed by atoms with Crippen molar-refractivity contribution in [2.75, 3.05) is 20.2 Å². The molecule has 1 atom stereocenters. The van der Waals surface area contributed by atoms with Crippen molar-refractivity contribution >= 4 is 16.7 Å². The smallest absolute Gasteiger partial charge is 0.255 e. The molecule has 28 heavy (non-hydrogen) atoms. The molecule has 1 aliphatic heterocycles. The molecule has 1 unspecified atom stereocenters. The molecular weight excluding hydrogens is 350 g/mol. The van der Waals surface area contributed by atoms with Gasteiger partial charge in [0.05, 0.1) is 12.7 Å². The number of fused-ring (bicyclic) bond motifs is 1. The van der Waals surface area contributed by atoms with Crippen LogP contribution in [-0.4, -0.2) is 41.0 Å². The van der Waals surface area contributed by atoms with Crippen LogP contribution in [0.25, 0.3) is 10.8 Å². The van der Waals surface area contributed by atoms with Gasteiger partial charge in [-0.1, -0.05) is 0 Å². The molecule has 3 aromatic rings. The summed E-state index contributed by atoms with van der Waals surface area (Å²) in [6.45, 7) is 5.43. The van der Waals surface area contributed by atoms with Crippen LogP contribution in [0.2, 0.25) is 0 Å². The maximum atomic E-state index is 13.0. The molecule has 144 valence electrons. The molecule has 4 rings (SSSR count). The van der Waals surface area contributed by atoms with Crippen molar-refractivity contribution in [1.29, 1.82) is 0 Å². The molecule has 3 heterocycles. The maximum absolute atomic E-state index is 13.0. The summed E-state index contributed by atoms with van der Waals surface area (Å²) in [7, 11) is 1.70. The Labute approximate surface area is 165 Å². The summed E-state index contributed by atoms with van der Waals surface area (Å²) < 4.78 is 5.47. The second kappa shape index (κ2) is 7.58. The van der Waals surface area contributed by atoms with Crippen LogP contribution in [0.1, 0.15) is 46.1 Å². The molecule has 2 aromatic heterocycles. The van der Waals surface area contributed by atoms with Crippen LogP contribution < -0.4 is 4.74 Å². The van der Waals surface area contributed by atoms with E-state index in [-0.39, 0.29) is 11.8 Å². The number of nitrogens with zero attached hydrogens (tertiary/aromatic N) is 3. The Bertz CT molecular complexity index is 1030. The third-order valence-electron chi connectivity index (χ3n) is 5.73. The Morgan fingerprint density at radius 1 is 1.21 bits per heavy atom. The Kier molecular flexibility index (Phi) is 4.99. The van der Waals surface area contributed by atoms with Crippen LogP contribution in [0.4, 0.5) is 0 Å². The standard InChI is InChI=1S/C23H25N3O2/c1-15-20-12-21(25-13-17(20)8-9-22(15)28-3)18-6-5-11-26(14-18)23(27)19-7-4-10-24-16(19)2/h4,7-10,12-13,18H,5-6,11,14H2,1-3H3. The molecular formula is C23H25N3O2. The number of aryl methyl sites for hydroxylation is 2. The minimum atomic E-state index is 0.0638. The number of rotatable bonds is 3. The molecule has 5 heteroatoms. The number of hydrogen-bond donors (Lipinski definition) is 0. The van der Waals surface area contributed by atoms with E-state index >= 15 is 0 Å². The molecule has 0 N–H and O–H groups in total. The average molecular weight is 375 g/mol. The normalized spacial score (nSPS) is 17.0. The lowest BCUT2D eigenvalue weighted by molar-refractivity contribution is 0.0704. The first-order chi connectivity index (χ1) is 13.6. The number of hydrogen-bond acceptors (Lipinski definition) is 4. The summed E-state index contributed by atoms with van der Waals surface area (Å²) in [6, 6.07) is 9.87. The zero-order valence-electron chi connectivity index (χ0n) is 16.6. The van der Waals surface area contributed by atoms with Crippen LogP contribution >= 0.6 is 0 Å². The molecule has 0 spiro atoms. The largest absolute Gasteiger partial charge is 0.496 e. The highest BCUT2D eigenvalue weighted by molar-refractivity contribution is 5.95. The number of ether oxygens (including phenoxy) is 1. The lowest BCUT2D eigenvalue weighted by atomic mass is 9.92. The van der Waals surface area contributed by atoms with Crippen LogP contribution in [0.15, 0.2) is 42.7 Å². The van der Waals surface area contributed by atoms with Gasteiger partial charge in [0, 0.05) is 48.2 Å². The van der Waals surface area contributed by atoms with Gasteiger partial charge in [-0.3, -0.25) is 14.8 Å². The van der Waals surface area contributed by atoms with Crippen molar-refractivity contribution < 1.29 is 9.53 Å². The number of methoxy groups -OCH3 is 1. The number of amides is 1. The molecule has 0 aliphatic carbocycles. The van der Waals surface area contributed by atoms with Gasteiger partial charge in [-0.15, -0.1) is 0 Å². The van der Waals surface area contributed by atoms with Crippen molar-refractivity contribution in [2.45, 2.75) is 32.6 Å². The van der Waals surface area contributed by atoms with E-state index in [4.69, 9.17) is 9.72 Å². The van der Waals surface area contributed by atoms with E-state index in [1.165, 1.54) is 0 Å². The fourth-order valence-electron chi connectivity index (χ4n) is 4.09. The quantitative estimate of drug-likeness (QED) is 0.686. The summed E-state index contributed by atoms with van der Waals surface area (Å²) in [5.74, 6) is 1.19. The topological polar surface area (TPSA) is 55.3 Å². The van der Waals surface area contributed by atoms with Crippen molar-refractivity contribution in [3.05, 3.63) is 65.2 Å². The van der Waals surface area contributed by atoms with E-state index in [0.29, 0.717) is 12.1 Å². The van der Waals surface area contributed by atoms with Gasteiger partial charge in [-0.2, -0.15) is 0 Å². The number of carbonyl (C=O) groups excluding carboxylic acids is 1. The molecule has 1 amide bonds. The first kappa shape index (κ1) is 18.4. The lowest BCUT2D eigenvalue weighted by Crippen LogP contribution is -2.39. The minimum absolute atomic E-state index is 0.0638. The van der Waals surface area contributed by atoms with E-state index in [9.17, 15) is 4.79 Å². The van der Waals surface area contributed by atoms with Gasteiger partial charge in [0.2, 0.25) is 0 Å². The zero-order chi connectivity index (χ0) is 19.7. The molecule has 1 saturated heterocycles. The van der Waals surface area contributed by atoms with Gasteiger partial charge in [0.25, 0.3) is 5.91 Å². The summed E-state index contributed by atoms with van der Waals surface area (Å²) in [6.07, 6.45) is 5.67. The van der Waals surface area contributed by atoms with Crippen LogP contribution in [0.5, 0.6) is 5.75 Å². The Hall–Kier alpha value is -2.95. The van der Waals surface area contributed by atoms with E-state index in [1.807, 2.05) is 42.3 Å². The molecule has 0 radical (unpaired) electrons. The highest BCUT2D eigenvalue weighted by Crippen LogP contribution is 2.32.